The molecule has 20 heavy (non-hydrogen) atoms. The lowest BCUT2D eigenvalue weighted by Gasteiger charge is -2.24. The molecule has 0 amide bonds. The highest BCUT2D eigenvalue weighted by molar-refractivity contribution is 5.20. The monoisotopic (exact) mass is 272 g/mol. The number of aromatic nitrogens is 1. The summed E-state index contributed by atoms with van der Waals surface area (Å²) in [4.78, 5) is 4.01. The van der Waals surface area contributed by atoms with Gasteiger partial charge in [-0.2, -0.15) is 0 Å². The first kappa shape index (κ1) is 14.5. The van der Waals surface area contributed by atoms with E-state index in [2.05, 4.69) is 17.1 Å². The summed E-state index contributed by atoms with van der Waals surface area (Å²) in [5.74, 6) is 0.190. The van der Waals surface area contributed by atoms with Crippen LogP contribution >= 0.6 is 0 Å². The van der Waals surface area contributed by atoms with Gasteiger partial charge < -0.3 is 15.9 Å². The summed E-state index contributed by atoms with van der Waals surface area (Å²) in [5, 5.41) is 19.5. The summed E-state index contributed by atoms with van der Waals surface area (Å²) < 4.78 is 0. The molecule has 1 aromatic heterocycles. The number of benzene rings is 1. The van der Waals surface area contributed by atoms with E-state index < -0.39 is 12.1 Å². The maximum atomic E-state index is 10.3. The van der Waals surface area contributed by atoms with Crippen LogP contribution in [0.2, 0.25) is 0 Å². The second-order valence-electron chi connectivity index (χ2n) is 5.13. The van der Waals surface area contributed by atoms with Crippen molar-refractivity contribution in [2.24, 2.45) is 11.7 Å². The van der Waals surface area contributed by atoms with Gasteiger partial charge in [0.25, 0.3) is 0 Å². The summed E-state index contributed by atoms with van der Waals surface area (Å²) in [5.41, 5.74) is 7.80. The Bertz CT molecular complexity index is 528. The third kappa shape index (κ3) is 3.56. The Kier molecular flexibility index (Phi) is 4.71. The van der Waals surface area contributed by atoms with E-state index in [1.54, 1.807) is 6.07 Å². The molecule has 4 nitrogen and oxygen atoms in total. The molecular weight excluding hydrogens is 252 g/mol. The van der Waals surface area contributed by atoms with Crippen molar-refractivity contribution in [1.82, 2.24) is 4.98 Å². The van der Waals surface area contributed by atoms with Crippen LogP contribution in [0.3, 0.4) is 0 Å². The van der Waals surface area contributed by atoms with Gasteiger partial charge in [-0.1, -0.05) is 37.3 Å². The Hall–Kier alpha value is -1.91. The molecule has 4 N–H and O–H groups in total. The molecule has 0 radical (unpaired) electrons. The van der Waals surface area contributed by atoms with Gasteiger partial charge in [0.2, 0.25) is 0 Å². The second-order valence-corrected chi connectivity index (χ2v) is 5.13. The van der Waals surface area contributed by atoms with Gasteiger partial charge in [0.15, 0.2) is 0 Å². The van der Waals surface area contributed by atoms with Crippen LogP contribution in [0.25, 0.3) is 0 Å². The maximum Gasteiger partial charge on any atom is 0.133 e. The van der Waals surface area contributed by atoms with Crippen molar-refractivity contribution < 1.29 is 10.2 Å². The molecular formula is C16H20N2O2. The Morgan fingerprint density at radius 1 is 1.15 bits per heavy atom. The summed E-state index contributed by atoms with van der Waals surface area (Å²) in [7, 11) is 0. The predicted octanol–water partition coefficient (Wildman–Crippen LogP) is 2.03. The first-order chi connectivity index (χ1) is 9.58. The van der Waals surface area contributed by atoms with Crippen molar-refractivity contribution in [1.29, 1.82) is 0 Å². The van der Waals surface area contributed by atoms with Gasteiger partial charge in [-0.15, -0.1) is 0 Å². The van der Waals surface area contributed by atoms with E-state index in [-0.39, 0.29) is 11.7 Å². The van der Waals surface area contributed by atoms with Crippen molar-refractivity contribution in [3.05, 3.63) is 59.9 Å². The zero-order chi connectivity index (χ0) is 14.5. The number of hydrogen-bond acceptors (Lipinski definition) is 4. The zero-order valence-electron chi connectivity index (χ0n) is 11.5. The number of aliphatic hydroxyl groups is 1. The molecule has 0 aliphatic rings. The van der Waals surface area contributed by atoms with Gasteiger partial charge in [0.1, 0.15) is 11.9 Å². The number of pyridine rings is 1. The van der Waals surface area contributed by atoms with Crippen molar-refractivity contribution >= 4 is 0 Å². The third-order valence-electron chi connectivity index (χ3n) is 3.50. The molecule has 0 saturated heterocycles. The fourth-order valence-corrected chi connectivity index (χ4v) is 2.20. The standard InChI is InChI=1S/C16H20N2O2/c1-11(9-12-5-3-2-4-6-12)15(17)16(20)14-8-7-13(19)10-18-14/h2-8,10-11,15-16,19-20H,9,17H2,1H3. The summed E-state index contributed by atoms with van der Waals surface area (Å²) in [6, 6.07) is 12.7. The van der Waals surface area contributed by atoms with Crippen LogP contribution in [0.1, 0.15) is 24.3 Å². The van der Waals surface area contributed by atoms with Crippen LogP contribution in [0, 0.1) is 5.92 Å². The van der Waals surface area contributed by atoms with Crippen molar-refractivity contribution in [2.45, 2.75) is 25.5 Å². The van der Waals surface area contributed by atoms with Crippen LogP contribution in [-0.4, -0.2) is 21.2 Å². The summed E-state index contributed by atoms with van der Waals surface area (Å²) in [6.07, 6.45) is 1.28. The van der Waals surface area contributed by atoms with Crippen LogP contribution in [0.5, 0.6) is 5.75 Å². The number of aliphatic hydroxyl groups excluding tert-OH is 1. The number of hydrogen-bond donors (Lipinski definition) is 3. The SMILES string of the molecule is CC(Cc1ccccc1)C(N)C(O)c1ccc(O)cn1. The van der Waals surface area contributed by atoms with E-state index in [1.807, 2.05) is 25.1 Å². The minimum Gasteiger partial charge on any atom is -0.506 e. The van der Waals surface area contributed by atoms with E-state index in [4.69, 9.17) is 5.73 Å². The highest BCUT2D eigenvalue weighted by Crippen LogP contribution is 2.22. The lowest BCUT2D eigenvalue weighted by Crippen LogP contribution is -2.36. The fourth-order valence-electron chi connectivity index (χ4n) is 2.20. The minimum atomic E-state index is -0.839. The molecule has 0 spiro atoms. The number of nitrogens with zero attached hydrogens (tertiary/aromatic N) is 1. The van der Waals surface area contributed by atoms with Crippen LogP contribution in [0.4, 0.5) is 0 Å². The quantitative estimate of drug-likeness (QED) is 0.778. The molecule has 3 unspecified atom stereocenters. The molecule has 0 fully saturated rings. The molecule has 0 bridgehead atoms. The summed E-state index contributed by atoms with van der Waals surface area (Å²) in [6.45, 7) is 2.02. The Balaban J connectivity index is 2.02. The first-order valence-corrected chi connectivity index (χ1v) is 6.70. The van der Waals surface area contributed by atoms with Crippen molar-refractivity contribution in [3.8, 4) is 5.75 Å². The van der Waals surface area contributed by atoms with Crippen LogP contribution in [-0.2, 0) is 6.42 Å². The molecule has 3 atom stereocenters. The Labute approximate surface area is 118 Å². The highest BCUT2D eigenvalue weighted by Gasteiger charge is 2.24. The van der Waals surface area contributed by atoms with Gasteiger partial charge in [0, 0.05) is 6.04 Å². The number of aromatic hydroxyl groups is 1. The molecule has 4 heteroatoms. The van der Waals surface area contributed by atoms with E-state index >= 15 is 0 Å². The topological polar surface area (TPSA) is 79.4 Å². The predicted molar refractivity (Wildman–Crippen MR) is 78.1 cm³/mol. The molecule has 0 aliphatic heterocycles. The van der Waals surface area contributed by atoms with Gasteiger partial charge in [-0.05, 0) is 30.0 Å². The van der Waals surface area contributed by atoms with Crippen LogP contribution < -0.4 is 5.73 Å². The first-order valence-electron chi connectivity index (χ1n) is 6.70. The number of nitrogens with two attached hydrogens (primary N) is 1. The smallest absolute Gasteiger partial charge is 0.133 e. The van der Waals surface area contributed by atoms with Crippen molar-refractivity contribution in [3.63, 3.8) is 0 Å². The van der Waals surface area contributed by atoms with Gasteiger partial charge in [0.05, 0.1) is 11.9 Å². The van der Waals surface area contributed by atoms with E-state index in [9.17, 15) is 10.2 Å². The third-order valence-corrected chi connectivity index (χ3v) is 3.50. The Morgan fingerprint density at radius 2 is 1.85 bits per heavy atom. The van der Waals surface area contributed by atoms with Gasteiger partial charge in [-0.3, -0.25) is 4.98 Å². The second kappa shape index (κ2) is 6.50. The number of rotatable bonds is 5. The molecule has 2 rings (SSSR count). The highest BCUT2D eigenvalue weighted by atomic mass is 16.3. The zero-order valence-corrected chi connectivity index (χ0v) is 11.5. The van der Waals surface area contributed by atoms with Crippen molar-refractivity contribution in [2.75, 3.05) is 0 Å². The minimum absolute atomic E-state index is 0.0758. The average molecular weight is 272 g/mol. The molecule has 106 valence electrons. The molecule has 2 aromatic rings. The van der Waals surface area contributed by atoms with E-state index in [0.717, 1.165) is 6.42 Å². The molecule has 1 heterocycles. The molecule has 1 aromatic carbocycles. The lowest BCUT2D eigenvalue weighted by molar-refractivity contribution is 0.117. The molecule has 0 aliphatic carbocycles. The largest absolute Gasteiger partial charge is 0.506 e. The Morgan fingerprint density at radius 3 is 2.45 bits per heavy atom. The lowest BCUT2D eigenvalue weighted by atomic mass is 9.90. The summed E-state index contributed by atoms with van der Waals surface area (Å²) >= 11 is 0. The maximum absolute atomic E-state index is 10.3. The van der Waals surface area contributed by atoms with E-state index in [0.29, 0.717) is 5.69 Å². The van der Waals surface area contributed by atoms with E-state index in [1.165, 1.54) is 17.8 Å². The average Bonchev–Trinajstić information content (AvgIpc) is 2.47. The fraction of sp³-hybridized carbons (Fsp3) is 0.312. The van der Waals surface area contributed by atoms with Gasteiger partial charge >= 0.3 is 0 Å². The van der Waals surface area contributed by atoms with Gasteiger partial charge in [-0.25, -0.2) is 0 Å². The van der Waals surface area contributed by atoms with Crippen LogP contribution in [0.15, 0.2) is 48.7 Å². The normalized spacial score (nSPS) is 15.6. The molecule has 0 saturated carbocycles.